The average molecular weight is 324 g/mol. The van der Waals surface area contributed by atoms with Crippen molar-refractivity contribution in [3.8, 4) is 0 Å². The first-order valence-electron chi connectivity index (χ1n) is 7.86. The van der Waals surface area contributed by atoms with Gasteiger partial charge in [0.05, 0.1) is 31.5 Å². The zero-order valence-electron chi connectivity index (χ0n) is 15.0. The molecule has 0 aromatic heterocycles. The van der Waals surface area contributed by atoms with Crippen LogP contribution in [0.3, 0.4) is 0 Å². The standard InChI is InChI=1S/C18H28O5/c1-7-15(16(20)21-6)10-13(2)18(5)9-8-17(4,12-23-18)11-22-14(3)19/h7,10H,8-9,11-12H2,1-6H3/b13-10+,15-7+. The summed E-state index contributed by atoms with van der Waals surface area (Å²) >= 11 is 0. The molecule has 0 spiro atoms. The quantitative estimate of drug-likeness (QED) is 0.441. The van der Waals surface area contributed by atoms with Gasteiger partial charge in [0.25, 0.3) is 0 Å². The van der Waals surface area contributed by atoms with Crippen molar-refractivity contribution in [2.45, 2.75) is 53.1 Å². The second kappa shape index (κ2) is 7.77. The van der Waals surface area contributed by atoms with Gasteiger partial charge in [-0.25, -0.2) is 4.79 Å². The molecule has 1 fully saturated rings. The van der Waals surface area contributed by atoms with Crippen LogP contribution in [0, 0.1) is 5.41 Å². The van der Waals surface area contributed by atoms with Crippen LogP contribution in [0.4, 0.5) is 0 Å². The van der Waals surface area contributed by atoms with E-state index in [-0.39, 0.29) is 17.4 Å². The van der Waals surface area contributed by atoms with Crippen molar-refractivity contribution in [1.82, 2.24) is 0 Å². The fourth-order valence-corrected chi connectivity index (χ4v) is 2.48. The van der Waals surface area contributed by atoms with Crippen LogP contribution in [0.15, 0.2) is 23.3 Å². The highest BCUT2D eigenvalue weighted by molar-refractivity contribution is 5.91. The van der Waals surface area contributed by atoms with Crippen molar-refractivity contribution in [2.75, 3.05) is 20.3 Å². The van der Waals surface area contributed by atoms with Gasteiger partial charge < -0.3 is 14.2 Å². The summed E-state index contributed by atoms with van der Waals surface area (Å²) in [7, 11) is 1.37. The topological polar surface area (TPSA) is 61.8 Å². The first-order valence-corrected chi connectivity index (χ1v) is 7.86. The predicted molar refractivity (Wildman–Crippen MR) is 87.9 cm³/mol. The Morgan fingerprint density at radius 3 is 2.30 bits per heavy atom. The number of ether oxygens (including phenoxy) is 3. The summed E-state index contributed by atoms with van der Waals surface area (Å²) in [4.78, 5) is 22.7. The minimum atomic E-state index is -0.433. The molecule has 0 aromatic rings. The van der Waals surface area contributed by atoms with Crippen LogP contribution < -0.4 is 0 Å². The molecular formula is C18H28O5. The Kier molecular flexibility index (Phi) is 6.57. The molecule has 2 unspecified atom stereocenters. The summed E-state index contributed by atoms with van der Waals surface area (Å²) in [6, 6.07) is 0. The molecule has 130 valence electrons. The van der Waals surface area contributed by atoms with Crippen LogP contribution in [0.2, 0.25) is 0 Å². The molecule has 0 N–H and O–H groups in total. The maximum atomic E-state index is 11.7. The van der Waals surface area contributed by atoms with Crippen molar-refractivity contribution in [1.29, 1.82) is 0 Å². The van der Waals surface area contributed by atoms with E-state index in [9.17, 15) is 9.59 Å². The third kappa shape index (κ3) is 5.20. The second-order valence-electron chi connectivity index (χ2n) is 6.67. The number of hydrogen-bond donors (Lipinski definition) is 0. The lowest BCUT2D eigenvalue weighted by Crippen LogP contribution is -2.44. The van der Waals surface area contributed by atoms with Crippen LogP contribution in [-0.4, -0.2) is 37.9 Å². The Labute approximate surface area is 138 Å². The predicted octanol–water partition coefficient (Wildman–Crippen LogP) is 3.19. The molecule has 23 heavy (non-hydrogen) atoms. The molecule has 1 saturated heterocycles. The van der Waals surface area contributed by atoms with Gasteiger partial charge in [-0.15, -0.1) is 0 Å². The number of esters is 2. The summed E-state index contributed by atoms with van der Waals surface area (Å²) in [5, 5.41) is 0. The normalized spacial score (nSPS) is 29.1. The molecule has 0 amide bonds. The van der Waals surface area contributed by atoms with E-state index in [0.29, 0.717) is 18.8 Å². The summed E-state index contributed by atoms with van der Waals surface area (Å²) in [6.07, 6.45) is 5.23. The molecule has 1 heterocycles. The molecule has 1 aliphatic heterocycles. The van der Waals surface area contributed by atoms with Crippen LogP contribution >= 0.6 is 0 Å². The van der Waals surface area contributed by atoms with E-state index in [1.54, 1.807) is 13.0 Å². The van der Waals surface area contributed by atoms with Crippen molar-refractivity contribution in [2.24, 2.45) is 5.41 Å². The maximum Gasteiger partial charge on any atom is 0.337 e. The van der Waals surface area contributed by atoms with E-state index in [0.717, 1.165) is 18.4 Å². The number of methoxy groups -OCH3 is 1. The Morgan fingerprint density at radius 1 is 1.22 bits per heavy atom. The van der Waals surface area contributed by atoms with Gasteiger partial charge in [0.15, 0.2) is 0 Å². The minimum absolute atomic E-state index is 0.169. The first kappa shape index (κ1) is 19.4. The van der Waals surface area contributed by atoms with Gasteiger partial charge in [-0.2, -0.15) is 0 Å². The Balaban J connectivity index is 2.79. The van der Waals surface area contributed by atoms with Crippen molar-refractivity contribution >= 4 is 11.9 Å². The molecule has 1 aliphatic rings. The minimum Gasteiger partial charge on any atom is -0.465 e. The molecule has 2 atom stereocenters. The van der Waals surface area contributed by atoms with Crippen LogP contribution in [-0.2, 0) is 23.8 Å². The summed E-state index contributed by atoms with van der Waals surface area (Å²) in [5.41, 5.74) is 0.892. The van der Waals surface area contributed by atoms with Gasteiger partial charge >= 0.3 is 11.9 Å². The van der Waals surface area contributed by atoms with Gasteiger partial charge in [0, 0.05) is 12.3 Å². The monoisotopic (exact) mass is 324 g/mol. The molecule has 1 rings (SSSR count). The van der Waals surface area contributed by atoms with Crippen LogP contribution in [0.25, 0.3) is 0 Å². The number of allylic oxidation sites excluding steroid dienone is 1. The summed E-state index contributed by atoms with van der Waals surface area (Å²) in [5.74, 6) is -0.627. The fourth-order valence-electron chi connectivity index (χ4n) is 2.48. The highest BCUT2D eigenvalue weighted by atomic mass is 16.5. The second-order valence-corrected chi connectivity index (χ2v) is 6.67. The molecule has 0 bridgehead atoms. The molecule has 5 nitrogen and oxygen atoms in total. The lowest BCUT2D eigenvalue weighted by molar-refractivity contribution is -0.153. The van der Waals surface area contributed by atoms with Crippen molar-refractivity contribution in [3.05, 3.63) is 23.3 Å². The molecule has 0 saturated carbocycles. The average Bonchev–Trinajstić information content (AvgIpc) is 2.53. The zero-order chi connectivity index (χ0) is 17.7. The molecule has 0 aromatic carbocycles. The van der Waals surface area contributed by atoms with Gasteiger partial charge in [0.2, 0.25) is 0 Å². The zero-order valence-corrected chi connectivity index (χ0v) is 15.0. The summed E-state index contributed by atoms with van der Waals surface area (Å²) < 4.78 is 16.0. The fraction of sp³-hybridized carbons (Fsp3) is 0.667. The third-order valence-electron chi connectivity index (χ3n) is 4.51. The number of carbonyl (C=O) groups excluding carboxylic acids is 2. The third-order valence-corrected chi connectivity index (χ3v) is 4.51. The van der Waals surface area contributed by atoms with E-state index < -0.39 is 5.60 Å². The Morgan fingerprint density at radius 2 is 1.87 bits per heavy atom. The van der Waals surface area contributed by atoms with Gasteiger partial charge in [-0.05, 0) is 45.3 Å². The van der Waals surface area contributed by atoms with Gasteiger partial charge in [-0.1, -0.05) is 13.0 Å². The number of hydrogen-bond acceptors (Lipinski definition) is 5. The molecule has 0 aliphatic carbocycles. The van der Waals surface area contributed by atoms with E-state index >= 15 is 0 Å². The lowest BCUT2D eigenvalue weighted by atomic mass is 9.77. The first-order chi connectivity index (χ1) is 10.7. The van der Waals surface area contributed by atoms with Crippen LogP contribution in [0.5, 0.6) is 0 Å². The van der Waals surface area contributed by atoms with Gasteiger partial charge in [-0.3, -0.25) is 4.79 Å². The molecule has 0 radical (unpaired) electrons. The highest BCUT2D eigenvalue weighted by Gasteiger charge is 2.40. The van der Waals surface area contributed by atoms with E-state index in [1.807, 2.05) is 19.9 Å². The Hall–Kier alpha value is -1.62. The smallest absolute Gasteiger partial charge is 0.337 e. The Bertz CT molecular complexity index is 508. The SMILES string of the molecule is C/C=C(\C=C(/C)C1(C)CCC(C)(COC(C)=O)CO1)C(=O)OC. The van der Waals surface area contributed by atoms with Crippen LogP contribution in [0.1, 0.15) is 47.5 Å². The lowest BCUT2D eigenvalue weighted by Gasteiger charge is -2.43. The van der Waals surface area contributed by atoms with E-state index in [4.69, 9.17) is 14.2 Å². The summed E-state index contributed by atoms with van der Waals surface area (Å²) in [6.45, 7) is 10.1. The highest BCUT2D eigenvalue weighted by Crippen LogP contribution is 2.40. The number of rotatable bonds is 5. The maximum absolute atomic E-state index is 11.7. The molecular weight excluding hydrogens is 296 g/mol. The van der Waals surface area contributed by atoms with E-state index in [2.05, 4.69) is 6.92 Å². The number of carbonyl (C=O) groups is 2. The molecule has 5 heteroatoms. The van der Waals surface area contributed by atoms with Crippen molar-refractivity contribution in [3.63, 3.8) is 0 Å². The van der Waals surface area contributed by atoms with Crippen molar-refractivity contribution < 1.29 is 23.8 Å². The largest absolute Gasteiger partial charge is 0.465 e. The van der Waals surface area contributed by atoms with E-state index in [1.165, 1.54) is 14.0 Å². The van der Waals surface area contributed by atoms with Gasteiger partial charge in [0.1, 0.15) is 0 Å².